The van der Waals surface area contributed by atoms with Gasteiger partial charge in [-0.05, 0) is 12.1 Å². The van der Waals surface area contributed by atoms with Gasteiger partial charge < -0.3 is 14.2 Å². The van der Waals surface area contributed by atoms with Crippen LogP contribution in [0.25, 0.3) is 0 Å². The summed E-state index contributed by atoms with van der Waals surface area (Å²) in [6.07, 6.45) is -0.195. The largest absolute Gasteiger partial charge is 0.497 e. The van der Waals surface area contributed by atoms with Gasteiger partial charge in [0.1, 0.15) is 5.75 Å². The molecule has 8 nitrogen and oxygen atoms in total. The van der Waals surface area contributed by atoms with Gasteiger partial charge in [-0.3, -0.25) is 19.7 Å². The predicted molar refractivity (Wildman–Crippen MR) is 76.6 cm³/mol. The van der Waals surface area contributed by atoms with Crippen LogP contribution in [0, 0.1) is 16.0 Å². The van der Waals surface area contributed by atoms with Crippen LogP contribution >= 0.6 is 0 Å². The van der Waals surface area contributed by atoms with Gasteiger partial charge in [0, 0.05) is 41.5 Å². The maximum Gasteiger partial charge on any atom is 0.320 e. The van der Waals surface area contributed by atoms with E-state index in [0.29, 0.717) is 5.75 Å². The first-order valence-corrected chi connectivity index (χ1v) is 5.91. The summed E-state index contributed by atoms with van der Waals surface area (Å²) < 4.78 is 14.0. The van der Waals surface area contributed by atoms with Crippen LogP contribution in [0.2, 0.25) is 0 Å². The van der Waals surface area contributed by atoms with Gasteiger partial charge in [-0.15, -0.1) is 0 Å². The van der Waals surface area contributed by atoms with E-state index in [2.05, 4.69) is 9.47 Å². The number of carbonyl (C=O) groups is 2. The maximum atomic E-state index is 11.6. The summed E-state index contributed by atoms with van der Waals surface area (Å²) in [7, 11) is 3.63. The molecule has 0 N–H and O–H groups in total. The van der Waals surface area contributed by atoms with Gasteiger partial charge in [-0.1, -0.05) is 0 Å². The van der Waals surface area contributed by atoms with Crippen molar-refractivity contribution < 1.29 is 28.7 Å². The minimum Gasteiger partial charge on any atom is -0.497 e. The Hall–Kier alpha value is -1.64. The molecule has 1 radical (unpaired) electrons. The summed E-state index contributed by atoms with van der Waals surface area (Å²) in [6, 6.07) is 4.16. The molecule has 1 rings (SSSR count). The van der Waals surface area contributed by atoms with Crippen molar-refractivity contribution in [3.8, 4) is 5.75 Å². The fourth-order valence-electron chi connectivity index (χ4n) is 1.78. The third kappa shape index (κ3) is 4.97. The molecule has 0 heterocycles. The number of rotatable bonds is 6. The Balaban J connectivity index is 0.00000441. The van der Waals surface area contributed by atoms with E-state index < -0.39 is 22.8 Å². The number of ether oxygens (including phenoxy) is 3. The fourth-order valence-corrected chi connectivity index (χ4v) is 1.78. The van der Waals surface area contributed by atoms with E-state index in [-0.39, 0.29) is 47.2 Å². The molecule has 0 atom stereocenters. The molecule has 1 aromatic carbocycles. The Morgan fingerprint density at radius 2 is 1.73 bits per heavy atom. The topological polar surface area (TPSA) is 105 Å². The SMILES string of the molecule is COC(=O)C(Cc1ccc(OC)cc1[N+](=O)[O-])C(=O)OC.[Na]. The predicted octanol–water partition coefficient (Wildman–Crippen LogP) is 0.727. The Kier molecular flexibility index (Phi) is 8.69. The van der Waals surface area contributed by atoms with Gasteiger partial charge in [0.05, 0.1) is 32.3 Å². The number of hydrogen-bond acceptors (Lipinski definition) is 7. The molecule has 0 aliphatic heterocycles. The first-order chi connectivity index (χ1) is 9.94. The number of nitrogens with zero attached hydrogens (tertiary/aromatic N) is 1. The molecule has 0 fully saturated rings. The zero-order valence-electron chi connectivity index (χ0n) is 12.8. The monoisotopic (exact) mass is 320 g/mol. The molecule has 0 aliphatic rings. The Morgan fingerprint density at radius 1 is 1.18 bits per heavy atom. The molecule has 1 aromatic rings. The second-order valence-electron chi connectivity index (χ2n) is 4.05. The van der Waals surface area contributed by atoms with Crippen LogP contribution in [0.5, 0.6) is 5.75 Å². The third-order valence-electron chi connectivity index (χ3n) is 2.88. The number of hydrogen-bond donors (Lipinski definition) is 0. The molecule has 0 spiro atoms. The number of esters is 2. The maximum absolute atomic E-state index is 11.6. The van der Waals surface area contributed by atoms with Crippen LogP contribution < -0.4 is 4.74 Å². The van der Waals surface area contributed by atoms with E-state index in [9.17, 15) is 19.7 Å². The van der Waals surface area contributed by atoms with Crippen LogP contribution in [0.3, 0.4) is 0 Å². The van der Waals surface area contributed by atoms with E-state index >= 15 is 0 Å². The normalized spacial score (nSPS) is 9.64. The van der Waals surface area contributed by atoms with Crippen molar-refractivity contribution in [1.82, 2.24) is 0 Å². The minimum absolute atomic E-state index is 0. The van der Waals surface area contributed by atoms with E-state index in [4.69, 9.17) is 4.74 Å². The number of carbonyl (C=O) groups excluding carboxylic acids is 2. The van der Waals surface area contributed by atoms with Crippen LogP contribution in [0.4, 0.5) is 5.69 Å². The minimum atomic E-state index is -1.26. The summed E-state index contributed by atoms with van der Waals surface area (Å²) in [6.45, 7) is 0. The van der Waals surface area contributed by atoms with Crippen molar-refractivity contribution in [2.45, 2.75) is 6.42 Å². The van der Waals surface area contributed by atoms with Crippen LogP contribution in [-0.4, -0.2) is 67.7 Å². The fraction of sp³-hybridized carbons (Fsp3) is 0.385. The van der Waals surface area contributed by atoms with Crippen LogP contribution in [-0.2, 0) is 25.5 Å². The van der Waals surface area contributed by atoms with Gasteiger partial charge in [-0.25, -0.2) is 0 Å². The van der Waals surface area contributed by atoms with Gasteiger partial charge in [0.15, 0.2) is 5.92 Å². The van der Waals surface area contributed by atoms with Gasteiger partial charge >= 0.3 is 11.9 Å². The van der Waals surface area contributed by atoms with Crippen molar-refractivity contribution in [3.63, 3.8) is 0 Å². The average molecular weight is 320 g/mol. The van der Waals surface area contributed by atoms with Crippen molar-refractivity contribution in [2.24, 2.45) is 5.92 Å². The second-order valence-corrected chi connectivity index (χ2v) is 4.05. The smallest absolute Gasteiger partial charge is 0.320 e. The zero-order chi connectivity index (χ0) is 16.0. The van der Waals surface area contributed by atoms with Gasteiger partial charge in [0.2, 0.25) is 0 Å². The van der Waals surface area contributed by atoms with E-state index in [1.165, 1.54) is 25.3 Å². The van der Waals surface area contributed by atoms with Gasteiger partial charge in [-0.2, -0.15) is 0 Å². The van der Waals surface area contributed by atoms with E-state index in [1.54, 1.807) is 0 Å². The van der Waals surface area contributed by atoms with E-state index in [1.807, 2.05) is 0 Å². The second kappa shape index (κ2) is 9.39. The van der Waals surface area contributed by atoms with Crippen LogP contribution in [0.15, 0.2) is 18.2 Å². The molecule has 0 aliphatic carbocycles. The molecule has 0 bridgehead atoms. The van der Waals surface area contributed by atoms with Crippen molar-refractivity contribution in [2.75, 3.05) is 21.3 Å². The number of nitro groups is 1. The summed E-state index contributed by atoms with van der Waals surface area (Å²) in [5, 5.41) is 11.1. The molecule has 0 aromatic heterocycles. The first kappa shape index (κ1) is 20.4. The summed E-state index contributed by atoms with van der Waals surface area (Å²) in [4.78, 5) is 33.7. The van der Waals surface area contributed by atoms with Crippen molar-refractivity contribution in [1.29, 1.82) is 0 Å². The molecular formula is C13H15NNaO7. The zero-order valence-corrected chi connectivity index (χ0v) is 14.8. The third-order valence-corrected chi connectivity index (χ3v) is 2.88. The van der Waals surface area contributed by atoms with E-state index in [0.717, 1.165) is 14.2 Å². The number of nitro benzene ring substituents is 1. The summed E-state index contributed by atoms with van der Waals surface area (Å²) in [5.41, 5.74) is -0.0336. The quantitative estimate of drug-likeness (QED) is 0.250. The summed E-state index contributed by atoms with van der Waals surface area (Å²) >= 11 is 0. The average Bonchev–Trinajstić information content (AvgIpc) is 2.50. The number of methoxy groups -OCH3 is 3. The summed E-state index contributed by atoms with van der Waals surface area (Å²) in [5.74, 6) is -2.58. The molecule has 0 amide bonds. The molecule has 0 saturated carbocycles. The molecule has 9 heteroatoms. The van der Waals surface area contributed by atoms with Gasteiger partial charge in [0.25, 0.3) is 5.69 Å². The van der Waals surface area contributed by atoms with Crippen molar-refractivity contribution >= 4 is 47.2 Å². The number of benzene rings is 1. The molecule has 0 unspecified atom stereocenters. The molecular weight excluding hydrogens is 305 g/mol. The molecule has 115 valence electrons. The van der Waals surface area contributed by atoms with Crippen LogP contribution in [0.1, 0.15) is 5.56 Å². The first-order valence-electron chi connectivity index (χ1n) is 5.91. The Labute approximate surface area is 149 Å². The molecule has 0 saturated heterocycles. The standard InChI is InChI=1S/C13H15NO7.Na/c1-19-9-5-4-8(11(7-9)14(17)18)6-10(12(15)20-2)13(16)21-3;/h4-5,7,10H,6H2,1-3H3;. The molecule has 22 heavy (non-hydrogen) atoms. The Bertz CT molecular complexity index is 545. The Morgan fingerprint density at radius 3 is 2.14 bits per heavy atom. The van der Waals surface area contributed by atoms with Crippen molar-refractivity contribution in [3.05, 3.63) is 33.9 Å².